The fourth-order valence-electron chi connectivity index (χ4n) is 0.253. The lowest BCUT2D eigenvalue weighted by molar-refractivity contribution is -0.110. The van der Waals surface area contributed by atoms with Gasteiger partial charge in [-0.05, 0) is 24.6 Å². The van der Waals surface area contributed by atoms with Crippen LogP contribution in [0.1, 0.15) is 6.92 Å². The highest BCUT2D eigenvalue weighted by molar-refractivity contribution is 6.67. The number of carbonyl (C=O) groups excluding carboxylic acids is 1. The first-order valence-electron chi connectivity index (χ1n) is 2.40. The number of hydrogen-bond acceptors (Lipinski definition) is 2. The lowest BCUT2D eigenvalue weighted by atomic mass is 10.4. The Kier molecular flexibility index (Phi) is 3.80. The molecule has 0 radical (unpaired) electrons. The third-order valence-electron chi connectivity index (χ3n) is 0.648. The molecule has 0 aliphatic heterocycles. The first-order chi connectivity index (χ1) is 4.18. The van der Waals surface area contributed by atoms with Crippen molar-refractivity contribution in [3.05, 3.63) is 24.0 Å². The lowest BCUT2D eigenvalue weighted by Crippen LogP contribution is -1.89. The van der Waals surface area contributed by atoms with Gasteiger partial charge in [0.05, 0.1) is 0 Å². The molecule has 0 aromatic rings. The van der Waals surface area contributed by atoms with Gasteiger partial charge >= 0.3 is 0 Å². The quantitative estimate of drug-likeness (QED) is 0.279. The van der Waals surface area contributed by atoms with E-state index >= 15 is 0 Å². The number of carbonyl (C=O) groups is 1. The second kappa shape index (κ2) is 4.15. The molecule has 50 valence electrons. The molecule has 0 amide bonds. The van der Waals surface area contributed by atoms with Crippen LogP contribution in [0.25, 0.3) is 0 Å². The Balaban J connectivity index is 4.00. The molecule has 0 aromatic carbocycles. The van der Waals surface area contributed by atoms with Crippen molar-refractivity contribution in [2.75, 3.05) is 0 Å². The molecule has 0 atom stereocenters. The van der Waals surface area contributed by atoms with E-state index in [1.165, 1.54) is 12.2 Å². The van der Waals surface area contributed by atoms with Gasteiger partial charge in [0.15, 0.2) is 5.76 Å². The van der Waals surface area contributed by atoms with E-state index in [1.807, 2.05) is 0 Å². The van der Waals surface area contributed by atoms with Gasteiger partial charge in [-0.3, -0.25) is 4.79 Å². The minimum atomic E-state index is -0.840. The highest BCUT2D eigenvalue weighted by atomic mass is 35.5. The van der Waals surface area contributed by atoms with Crippen LogP contribution >= 0.6 is 11.6 Å². The number of rotatable bonds is 2. The minimum Gasteiger partial charge on any atom is -0.503 e. The molecular weight excluding hydrogens is 140 g/mol. The molecule has 0 aromatic heterocycles. The maximum absolute atomic E-state index is 10.1. The van der Waals surface area contributed by atoms with Crippen LogP contribution in [0.5, 0.6) is 0 Å². The lowest BCUT2D eigenvalue weighted by Gasteiger charge is -1.84. The molecule has 0 saturated carbocycles. The summed E-state index contributed by atoms with van der Waals surface area (Å²) in [6.07, 6.45) is 4.43. The van der Waals surface area contributed by atoms with Gasteiger partial charge in [-0.2, -0.15) is 0 Å². The van der Waals surface area contributed by atoms with E-state index in [0.717, 1.165) is 0 Å². The normalized spacial score (nSPS) is 12.4. The van der Waals surface area contributed by atoms with Gasteiger partial charge in [0, 0.05) is 0 Å². The van der Waals surface area contributed by atoms with Crippen LogP contribution in [-0.4, -0.2) is 10.3 Å². The molecule has 0 rings (SSSR count). The molecule has 0 spiro atoms. The topological polar surface area (TPSA) is 37.3 Å². The van der Waals surface area contributed by atoms with Crippen LogP contribution in [0, 0.1) is 0 Å². The van der Waals surface area contributed by atoms with Crippen LogP contribution in [0.2, 0.25) is 0 Å². The third-order valence-corrected chi connectivity index (χ3v) is 0.842. The Labute approximate surface area is 58.4 Å². The summed E-state index contributed by atoms with van der Waals surface area (Å²) in [5.41, 5.74) is 0. The second-order valence-electron chi connectivity index (χ2n) is 1.35. The van der Waals surface area contributed by atoms with E-state index in [9.17, 15) is 4.79 Å². The van der Waals surface area contributed by atoms with Gasteiger partial charge in [-0.25, -0.2) is 0 Å². The number of hydrogen-bond donors (Lipinski definition) is 1. The molecule has 3 heteroatoms. The minimum absolute atomic E-state index is 0.435. The van der Waals surface area contributed by atoms with Gasteiger partial charge in [0.1, 0.15) is 0 Å². The summed E-state index contributed by atoms with van der Waals surface area (Å²) in [6.45, 7) is 1.77. The van der Waals surface area contributed by atoms with Crippen LogP contribution < -0.4 is 0 Å². The first kappa shape index (κ1) is 8.24. The highest BCUT2D eigenvalue weighted by Crippen LogP contribution is 1.94. The molecule has 0 unspecified atom stereocenters. The summed E-state index contributed by atoms with van der Waals surface area (Å²) >= 11 is 4.87. The van der Waals surface area contributed by atoms with Gasteiger partial charge in [-0.1, -0.05) is 12.2 Å². The zero-order valence-corrected chi connectivity index (χ0v) is 5.72. The Morgan fingerprint density at radius 1 is 1.67 bits per heavy atom. The number of aliphatic hydroxyl groups excluding tert-OH is 1. The van der Waals surface area contributed by atoms with E-state index in [4.69, 9.17) is 16.7 Å². The molecule has 0 heterocycles. The van der Waals surface area contributed by atoms with Crippen molar-refractivity contribution in [1.82, 2.24) is 0 Å². The Morgan fingerprint density at radius 2 is 2.22 bits per heavy atom. The van der Waals surface area contributed by atoms with Gasteiger partial charge in [0.2, 0.25) is 0 Å². The number of aliphatic hydroxyl groups is 1. The average molecular weight is 147 g/mol. The van der Waals surface area contributed by atoms with Crippen molar-refractivity contribution < 1.29 is 9.90 Å². The van der Waals surface area contributed by atoms with E-state index < -0.39 is 11.0 Å². The van der Waals surface area contributed by atoms with Crippen molar-refractivity contribution in [3.63, 3.8) is 0 Å². The van der Waals surface area contributed by atoms with E-state index in [2.05, 4.69) is 0 Å². The van der Waals surface area contributed by atoms with Crippen molar-refractivity contribution in [1.29, 1.82) is 0 Å². The largest absolute Gasteiger partial charge is 0.503 e. The monoisotopic (exact) mass is 146 g/mol. The van der Waals surface area contributed by atoms with Crippen molar-refractivity contribution in [2.24, 2.45) is 0 Å². The van der Waals surface area contributed by atoms with Crippen LogP contribution in [0.4, 0.5) is 0 Å². The SMILES string of the molecule is C/C=C\C=C(/O)C(=O)Cl. The predicted octanol–water partition coefficient (Wildman–Crippen LogP) is 1.77. The molecule has 0 aliphatic carbocycles. The Hall–Kier alpha value is -0.760. The Bertz CT molecular complexity index is 158. The standard InChI is InChI=1S/C6H7ClO2/c1-2-3-4-5(8)6(7)9/h2-4,8H,1H3/b3-2-,5-4-. The fraction of sp³-hybridized carbons (Fsp3) is 0.167. The van der Waals surface area contributed by atoms with Crippen molar-refractivity contribution in [3.8, 4) is 0 Å². The maximum atomic E-state index is 10.1. The van der Waals surface area contributed by atoms with Crippen LogP contribution in [0.15, 0.2) is 24.0 Å². The second-order valence-corrected chi connectivity index (χ2v) is 1.69. The van der Waals surface area contributed by atoms with Crippen molar-refractivity contribution >= 4 is 16.8 Å². The van der Waals surface area contributed by atoms with Gasteiger partial charge in [-0.15, -0.1) is 0 Å². The number of allylic oxidation sites excluding steroid dienone is 4. The van der Waals surface area contributed by atoms with Crippen LogP contribution in [-0.2, 0) is 4.79 Å². The third kappa shape index (κ3) is 3.79. The fourth-order valence-corrected chi connectivity index (χ4v) is 0.316. The molecule has 0 fully saturated rings. The molecule has 9 heavy (non-hydrogen) atoms. The maximum Gasteiger partial charge on any atom is 0.286 e. The molecule has 0 saturated heterocycles. The summed E-state index contributed by atoms with van der Waals surface area (Å²) in [6, 6.07) is 0. The van der Waals surface area contributed by atoms with Crippen LogP contribution in [0.3, 0.4) is 0 Å². The molecule has 0 aliphatic rings. The van der Waals surface area contributed by atoms with Gasteiger partial charge < -0.3 is 5.11 Å². The smallest absolute Gasteiger partial charge is 0.286 e. The predicted molar refractivity (Wildman–Crippen MR) is 36.4 cm³/mol. The molecule has 1 N–H and O–H groups in total. The highest BCUT2D eigenvalue weighted by Gasteiger charge is 1.98. The Morgan fingerprint density at radius 3 is 2.56 bits per heavy atom. The molecular formula is C6H7ClO2. The van der Waals surface area contributed by atoms with Crippen molar-refractivity contribution in [2.45, 2.75) is 6.92 Å². The van der Waals surface area contributed by atoms with E-state index in [0.29, 0.717) is 0 Å². The molecule has 0 bridgehead atoms. The zero-order valence-electron chi connectivity index (χ0n) is 4.97. The van der Waals surface area contributed by atoms with E-state index in [-0.39, 0.29) is 0 Å². The van der Waals surface area contributed by atoms with E-state index in [1.54, 1.807) is 13.0 Å². The summed E-state index contributed by atoms with van der Waals surface area (Å²) in [4.78, 5) is 10.1. The summed E-state index contributed by atoms with van der Waals surface area (Å²) < 4.78 is 0. The zero-order chi connectivity index (χ0) is 7.28. The van der Waals surface area contributed by atoms with Gasteiger partial charge in [0.25, 0.3) is 5.24 Å². The first-order valence-corrected chi connectivity index (χ1v) is 2.78. The average Bonchev–Trinajstić information content (AvgIpc) is 1.82. The summed E-state index contributed by atoms with van der Waals surface area (Å²) in [5.74, 6) is -0.435. The molecule has 2 nitrogen and oxygen atoms in total. The summed E-state index contributed by atoms with van der Waals surface area (Å²) in [7, 11) is 0. The summed E-state index contributed by atoms with van der Waals surface area (Å²) in [5, 5.41) is 7.75. The number of halogens is 1.